The molecule has 1 heterocycles. The number of nitriles is 2. The zero-order chi connectivity index (χ0) is 16.5. The van der Waals surface area contributed by atoms with Crippen LogP contribution in [0, 0.1) is 22.7 Å². The van der Waals surface area contributed by atoms with Crippen LogP contribution < -0.4 is 11.1 Å². The Morgan fingerprint density at radius 1 is 1.14 bits per heavy atom. The Morgan fingerprint density at radius 2 is 1.73 bits per heavy atom. The van der Waals surface area contributed by atoms with Crippen molar-refractivity contribution >= 4 is 12.6 Å². The van der Waals surface area contributed by atoms with Gasteiger partial charge in [0.2, 0.25) is 0 Å². The predicted octanol–water partition coefficient (Wildman–Crippen LogP) is 2.75. The number of hydrogen-bond donors (Lipinski definition) is 3. The first-order chi connectivity index (χ1) is 10.3. The third-order valence-electron chi connectivity index (χ3n) is 3.19. The van der Waals surface area contributed by atoms with E-state index >= 15 is 0 Å². The van der Waals surface area contributed by atoms with Gasteiger partial charge in [0.05, 0.1) is 39.8 Å². The second-order valence-corrected chi connectivity index (χ2v) is 4.90. The molecular formula is C14H9F3N4S. The van der Waals surface area contributed by atoms with Crippen molar-refractivity contribution in [2.45, 2.75) is 12.1 Å². The summed E-state index contributed by atoms with van der Waals surface area (Å²) in [7, 11) is 0. The summed E-state index contributed by atoms with van der Waals surface area (Å²) in [4.78, 5) is 0. The van der Waals surface area contributed by atoms with E-state index in [1.54, 1.807) is 12.1 Å². The Morgan fingerprint density at radius 3 is 2.27 bits per heavy atom. The zero-order valence-corrected chi connectivity index (χ0v) is 11.8. The molecule has 112 valence electrons. The number of alkyl halides is 3. The maximum absolute atomic E-state index is 13.2. The lowest BCUT2D eigenvalue weighted by atomic mass is 9.82. The Labute approximate surface area is 129 Å². The van der Waals surface area contributed by atoms with E-state index in [1.807, 2.05) is 0 Å². The van der Waals surface area contributed by atoms with Gasteiger partial charge >= 0.3 is 6.18 Å². The van der Waals surface area contributed by atoms with Crippen molar-refractivity contribution in [1.82, 2.24) is 5.32 Å². The summed E-state index contributed by atoms with van der Waals surface area (Å²) in [6.45, 7) is 0. The number of dihydropyridines is 1. The Bertz CT molecular complexity index is 730. The lowest BCUT2D eigenvalue weighted by molar-refractivity contribution is -0.138. The van der Waals surface area contributed by atoms with Crippen molar-refractivity contribution in [1.29, 1.82) is 10.5 Å². The lowest BCUT2D eigenvalue weighted by Gasteiger charge is -2.27. The molecule has 1 aliphatic heterocycles. The average Bonchev–Trinajstić information content (AvgIpc) is 2.45. The average molecular weight is 322 g/mol. The van der Waals surface area contributed by atoms with E-state index in [1.165, 1.54) is 18.2 Å². The highest BCUT2D eigenvalue weighted by Gasteiger charge is 2.39. The van der Waals surface area contributed by atoms with Gasteiger partial charge in [-0.05, 0) is 11.6 Å². The van der Waals surface area contributed by atoms with Crippen LogP contribution in [-0.4, -0.2) is 0 Å². The van der Waals surface area contributed by atoms with Crippen LogP contribution >= 0.6 is 12.6 Å². The number of nitrogens with one attached hydrogen (secondary N) is 1. The van der Waals surface area contributed by atoms with Gasteiger partial charge in [-0.2, -0.15) is 23.7 Å². The van der Waals surface area contributed by atoms with Gasteiger partial charge < -0.3 is 11.1 Å². The molecule has 0 fully saturated rings. The minimum atomic E-state index is -4.62. The van der Waals surface area contributed by atoms with Crippen LogP contribution in [0.4, 0.5) is 13.2 Å². The van der Waals surface area contributed by atoms with E-state index in [9.17, 15) is 23.7 Å². The Kier molecular flexibility index (Phi) is 4.07. The van der Waals surface area contributed by atoms with Crippen molar-refractivity contribution in [2.75, 3.05) is 0 Å². The smallest absolute Gasteiger partial charge is 0.384 e. The maximum Gasteiger partial charge on any atom is 0.416 e. The van der Waals surface area contributed by atoms with Crippen LogP contribution in [0.2, 0.25) is 0 Å². The molecule has 1 aliphatic rings. The summed E-state index contributed by atoms with van der Waals surface area (Å²) in [6, 6.07) is 8.34. The molecule has 0 amide bonds. The molecule has 1 aromatic carbocycles. The van der Waals surface area contributed by atoms with E-state index in [4.69, 9.17) is 5.73 Å². The molecule has 4 nitrogen and oxygen atoms in total. The van der Waals surface area contributed by atoms with Crippen LogP contribution in [0.25, 0.3) is 0 Å². The molecule has 3 N–H and O–H groups in total. The maximum atomic E-state index is 13.2. The SMILES string of the molecule is N#CC1=C(N)NC(S)=C(C#N)[C@H]1c1ccccc1C(F)(F)F. The quantitative estimate of drug-likeness (QED) is 0.694. The first kappa shape index (κ1) is 15.8. The number of benzene rings is 1. The first-order valence-electron chi connectivity index (χ1n) is 5.97. The monoisotopic (exact) mass is 322 g/mol. The Balaban J connectivity index is 2.76. The van der Waals surface area contributed by atoms with Crippen molar-refractivity contribution in [3.63, 3.8) is 0 Å². The van der Waals surface area contributed by atoms with Gasteiger partial charge in [0.1, 0.15) is 5.82 Å². The van der Waals surface area contributed by atoms with Crippen molar-refractivity contribution in [2.24, 2.45) is 5.73 Å². The number of rotatable bonds is 1. The topological polar surface area (TPSA) is 85.6 Å². The van der Waals surface area contributed by atoms with E-state index in [-0.39, 0.29) is 27.6 Å². The molecule has 1 atom stereocenters. The molecule has 8 heteroatoms. The molecule has 0 aromatic heterocycles. The fourth-order valence-corrected chi connectivity index (χ4v) is 2.56. The third kappa shape index (κ3) is 2.61. The van der Waals surface area contributed by atoms with Crippen LogP contribution in [0.3, 0.4) is 0 Å². The van der Waals surface area contributed by atoms with Crippen LogP contribution in [0.5, 0.6) is 0 Å². The molecule has 0 unspecified atom stereocenters. The number of halogens is 3. The molecule has 0 saturated heterocycles. The predicted molar refractivity (Wildman–Crippen MR) is 75.8 cm³/mol. The standard InChI is InChI=1S/C14H9F3N4S/c15-14(16,17)10-4-2-1-3-7(10)11-8(5-18)12(20)21-13(22)9(11)6-19/h1-4,11,21-22H,20H2/t11-/m0/s1. The number of nitrogens with zero attached hydrogens (tertiary/aromatic N) is 2. The summed E-state index contributed by atoms with van der Waals surface area (Å²) in [5.41, 5.74) is 4.29. The highest BCUT2D eigenvalue weighted by Crippen LogP contribution is 2.43. The van der Waals surface area contributed by atoms with E-state index in [0.717, 1.165) is 6.07 Å². The van der Waals surface area contributed by atoms with Gasteiger partial charge in [0, 0.05) is 0 Å². The molecule has 0 radical (unpaired) electrons. The van der Waals surface area contributed by atoms with Gasteiger partial charge in [-0.3, -0.25) is 0 Å². The van der Waals surface area contributed by atoms with E-state index < -0.39 is 17.7 Å². The Hall–Kier alpha value is -2.58. The summed E-state index contributed by atoms with van der Waals surface area (Å²) in [6.07, 6.45) is -4.62. The highest BCUT2D eigenvalue weighted by atomic mass is 32.1. The molecule has 0 bridgehead atoms. The second kappa shape index (κ2) is 5.66. The molecule has 1 aromatic rings. The van der Waals surface area contributed by atoms with Crippen LogP contribution in [0.15, 0.2) is 46.3 Å². The second-order valence-electron chi connectivity index (χ2n) is 4.46. The van der Waals surface area contributed by atoms with E-state index in [0.29, 0.717) is 0 Å². The van der Waals surface area contributed by atoms with Crippen LogP contribution in [0.1, 0.15) is 17.0 Å². The number of allylic oxidation sites excluding steroid dienone is 2. The fraction of sp³-hybridized carbons (Fsp3) is 0.143. The molecular weight excluding hydrogens is 313 g/mol. The third-order valence-corrected chi connectivity index (χ3v) is 3.55. The van der Waals surface area contributed by atoms with Crippen molar-refractivity contribution in [3.05, 3.63) is 57.4 Å². The molecule has 22 heavy (non-hydrogen) atoms. The molecule has 2 rings (SSSR count). The summed E-state index contributed by atoms with van der Waals surface area (Å²) in [5, 5.41) is 21.0. The minimum Gasteiger partial charge on any atom is -0.384 e. The first-order valence-corrected chi connectivity index (χ1v) is 6.42. The van der Waals surface area contributed by atoms with E-state index in [2.05, 4.69) is 17.9 Å². The molecule has 0 saturated carbocycles. The lowest BCUT2D eigenvalue weighted by Crippen LogP contribution is -2.29. The largest absolute Gasteiger partial charge is 0.416 e. The van der Waals surface area contributed by atoms with Crippen LogP contribution in [-0.2, 0) is 6.18 Å². The summed E-state index contributed by atoms with van der Waals surface area (Å²) >= 11 is 4.03. The normalized spacial score (nSPS) is 18.5. The summed E-state index contributed by atoms with van der Waals surface area (Å²) < 4.78 is 39.6. The van der Waals surface area contributed by atoms with Crippen molar-refractivity contribution < 1.29 is 13.2 Å². The van der Waals surface area contributed by atoms with Gasteiger partial charge in [-0.25, -0.2) is 0 Å². The zero-order valence-electron chi connectivity index (χ0n) is 10.9. The molecule has 0 spiro atoms. The number of hydrogen-bond acceptors (Lipinski definition) is 5. The van der Waals surface area contributed by atoms with Gasteiger partial charge in [0.25, 0.3) is 0 Å². The van der Waals surface area contributed by atoms with Gasteiger partial charge in [0.15, 0.2) is 0 Å². The van der Waals surface area contributed by atoms with Gasteiger partial charge in [-0.1, -0.05) is 18.2 Å². The highest BCUT2D eigenvalue weighted by molar-refractivity contribution is 7.84. The van der Waals surface area contributed by atoms with Crippen molar-refractivity contribution in [3.8, 4) is 12.1 Å². The fourth-order valence-electron chi connectivity index (χ4n) is 2.26. The molecule has 0 aliphatic carbocycles. The number of nitrogens with two attached hydrogens (primary N) is 1. The van der Waals surface area contributed by atoms with Gasteiger partial charge in [-0.15, -0.1) is 12.6 Å². The summed E-state index contributed by atoms with van der Waals surface area (Å²) in [5.74, 6) is -1.32. The minimum absolute atomic E-state index is 0.0287. The number of thiol groups is 1.